The quantitative estimate of drug-likeness (QED) is 0.800. The van der Waals surface area contributed by atoms with Gasteiger partial charge in [0, 0.05) is 0 Å². The van der Waals surface area contributed by atoms with Crippen LogP contribution in [0.3, 0.4) is 0 Å². The minimum Gasteiger partial charge on any atom is -0.494 e. The van der Waals surface area contributed by atoms with Crippen LogP contribution in [0.15, 0.2) is 23.1 Å². The molecule has 0 spiro atoms. The highest BCUT2D eigenvalue weighted by molar-refractivity contribution is 7.89. The van der Waals surface area contributed by atoms with E-state index in [4.69, 9.17) is 9.84 Å². The van der Waals surface area contributed by atoms with Crippen molar-refractivity contribution in [2.75, 3.05) is 6.61 Å². The van der Waals surface area contributed by atoms with Crippen LogP contribution in [0.25, 0.3) is 0 Å². The van der Waals surface area contributed by atoms with Gasteiger partial charge in [-0.15, -0.1) is 0 Å². The summed E-state index contributed by atoms with van der Waals surface area (Å²) in [5, 5.41) is 9.08. The van der Waals surface area contributed by atoms with Gasteiger partial charge in [-0.25, -0.2) is 8.42 Å². The van der Waals surface area contributed by atoms with E-state index in [1.165, 1.54) is 12.1 Å². The van der Waals surface area contributed by atoms with Gasteiger partial charge in [-0.3, -0.25) is 4.79 Å². The molecule has 1 rings (SSSR count). The maximum atomic E-state index is 12.3. The number of benzene rings is 1. The topological polar surface area (TPSA) is 92.7 Å². The molecule has 0 saturated heterocycles. The van der Waals surface area contributed by atoms with Crippen molar-refractivity contribution >= 4 is 16.0 Å². The zero-order valence-electron chi connectivity index (χ0n) is 12.6. The van der Waals surface area contributed by atoms with Gasteiger partial charge in [0.15, 0.2) is 0 Å². The van der Waals surface area contributed by atoms with Gasteiger partial charge < -0.3 is 9.84 Å². The lowest BCUT2D eigenvalue weighted by Crippen LogP contribution is -2.44. The number of nitrogens with one attached hydrogen (secondary N) is 1. The third kappa shape index (κ3) is 4.44. The number of ether oxygens (including phenoxy) is 1. The van der Waals surface area contributed by atoms with Gasteiger partial charge in [0.25, 0.3) is 0 Å². The van der Waals surface area contributed by atoms with E-state index in [9.17, 15) is 13.2 Å². The van der Waals surface area contributed by atoms with Crippen LogP contribution in [0.2, 0.25) is 0 Å². The number of carbonyl (C=O) groups is 1. The molecule has 7 heteroatoms. The summed E-state index contributed by atoms with van der Waals surface area (Å²) in [5.41, 5.74) is 0.677. The highest BCUT2D eigenvalue weighted by Crippen LogP contribution is 2.22. The van der Waals surface area contributed by atoms with Crippen molar-refractivity contribution in [3.05, 3.63) is 23.8 Å². The number of aliphatic carboxylic acids is 1. The van der Waals surface area contributed by atoms with Crippen LogP contribution in [-0.2, 0) is 14.8 Å². The van der Waals surface area contributed by atoms with Crippen molar-refractivity contribution in [1.82, 2.24) is 4.72 Å². The van der Waals surface area contributed by atoms with Crippen molar-refractivity contribution in [1.29, 1.82) is 0 Å². The highest BCUT2D eigenvalue weighted by atomic mass is 32.2. The van der Waals surface area contributed by atoms with E-state index in [2.05, 4.69) is 4.72 Å². The summed E-state index contributed by atoms with van der Waals surface area (Å²) in [4.78, 5) is 11.1. The van der Waals surface area contributed by atoms with E-state index < -0.39 is 22.0 Å². The van der Waals surface area contributed by atoms with Gasteiger partial charge in [0.1, 0.15) is 11.8 Å². The van der Waals surface area contributed by atoms with Gasteiger partial charge in [0.05, 0.1) is 11.5 Å². The first-order valence-corrected chi connectivity index (χ1v) is 8.16. The summed E-state index contributed by atoms with van der Waals surface area (Å²) < 4.78 is 32.1. The lowest BCUT2D eigenvalue weighted by atomic mass is 10.1. The first kappa shape index (κ1) is 17.5. The molecule has 0 saturated carbocycles. The monoisotopic (exact) mass is 315 g/mol. The van der Waals surface area contributed by atoms with E-state index in [1.54, 1.807) is 26.8 Å². The third-order valence-electron chi connectivity index (χ3n) is 2.97. The second kappa shape index (κ2) is 6.91. The molecule has 1 aromatic rings. The Labute approximate surface area is 125 Å². The van der Waals surface area contributed by atoms with Crippen LogP contribution in [-0.4, -0.2) is 32.1 Å². The fraction of sp³-hybridized carbons (Fsp3) is 0.500. The summed E-state index contributed by atoms with van der Waals surface area (Å²) >= 11 is 0. The van der Waals surface area contributed by atoms with E-state index in [0.29, 0.717) is 17.9 Å². The molecular weight excluding hydrogens is 294 g/mol. The number of sulfonamides is 1. The van der Waals surface area contributed by atoms with Crippen LogP contribution < -0.4 is 9.46 Å². The minimum atomic E-state index is -3.89. The molecule has 0 bridgehead atoms. The van der Waals surface area contributed by atoms with Crippen molar-refractivity contribution in [3.63, 3.8) is 0 Å². The number of rotatable bonds is 7. The molecule has 0 fully saturated rings. The van der Waals surface area contributed by atoms with Crippen molar-refractivity contribution in [2.24, 2.45) is 5.92 Å². The standard InChI is InChI=1S/C14H21NO5S/c1-5-20-12-7-6-11(8-10(12)4)21(18,19)15-13(9(2)3)14(16)17/h6-9,13,15H,5H2,1-4H3,(H,16,17)/t13-/m0/s1. The maximum absolute atomic E-state index is 12.3. The molecule has 0 amide bonds. The van der Waals surface area contributed by atoms with Gasteiger partial charge in [-0.05, 0) is 43.5 Å². The van der Waals surface area contributed by atoms with E-state index in [1.807, 2.05) is 6.92 Å². The summed E-state index contributed by atoms with van der Waals surface area (Å²) in [5.74, 6) is -0.951. The fourth-order valence-electron chi connectivity index (χ4n) is 1.81. The Morgan fingerprint density at radius 3 is 2.43 bits per heavy atom. The smallest absolute Gasteiger partial charge is 0.322 e. The van der Waals surface area contributed by atoms with Gasteiger partial charge >= 0.3 is 5.97 Å². The zero-order valence-corrected chi connectivity index (χ0v) is 13.4. The average molecular weight is 315 g/mol. The number of hydrogen-bond donors (Lipinski definition) is 2. The van der Waals surface area contributed by atoms with Crippen LogP contribution in [0.5, 0.6) is 5.75 Å². The summed E-state index contributed by atoms with van der Waals surface area (Å²) in [7, 11) is -3.89. The maximum Gasteiger partial charge on any atom is 0.322 e. The largest absolute Gasteiger partial charge is 0.494 e. The molecule has 0 aliphatic rings. The van der Waals surface area contributed by atoms with Crippen molar-refractivity contribution < 1.29 is 23.1 Å². The minimum absolute atomic E-state index is 0.0235. The molecule has 0 heterocycles. The summed E-state index contributed by atoms with van der Waals surface area (Å²) in [6, 6.07) is 3.27. The molecule has 0 aliphatic carbocycles. The van der Waals surface area contributed by atoms with Crippen LogP contribution in [0, 0.1) is 12.8 Å². The molecule has 0 unspecified atom stereocenters. The predicted octanol–water partition coefficient (Wildman–Crippen LogP) is 1.78. The molecule has 2 N–H and O–H groups in total. The number of hydrogen-bond acceptors (Lipinski definition) is 4. The lowest BCUT2D eigenvalue weighted by Gasteiger charge is -2.18. The van der Waals surface area contributed by atoms with Gasteiger partial charge in [-0.2, -0.15) is 4.72 Å². The Hall–Kier alpha value is -1.60. The first-order valence-electron chi connectivity index (χ1n) is 6.67. The molecule has 1 aromatic carbocycles. The molecule has 21 heavy (non-hydrogen) atoms. The molecular formula is C14H21NO5S. The van der Waals surface area contributed by atoms with Crippen molar-refractivity contribution in [3.8, 4) is 5.75 Å². The van der Waals surface area contributed by atoms with Gasteiger partial charge in [-0.1, -0.05) is 13.8 Å². The molecule has 0 aliphatic heterocycles. The second-order valence-electron chi connectivity index (χ2n) is 5.04. The SMILES string of the molecule is CCOc1ccc(S(=O)(=O)N[C@H](C(=O)O)C(C)C)cc1C. The Balaban J connectivity index is 3.08. The van der Waals surface area contributed by atoms with E-state index >= 15 is 0 Å². The predicted molar refractivity (Wildman–Crippen MR) is 78.9 cm³/mol. The molecule has 1 atom stereocenters. The summed E-state index contributed by atoms with van der Waals surface area (Å²) in [6.07, 6.45) is 0. The number of carboxylic acid groups (broad SMARTS) is 1. The molecule has 6 nitrogen and oxygen atoms in total. The Bertz CT molecular complexity index is 610. The first-order chi connectivity index (χ1) is 9.69. The highest BCUT2D eigenvalue weighted by Gasteiger charge is 2.28. The molecule has 118 valence electrons. The zero-order chi connectivity index (χ0) is 16.2. The number of aryl methyl sites for hydroxylation is 1. The van der Waals surface area contributed by atoms with E-state index in [-0.39, 0.29) is 10.8 Å². The number of carboxylic acids is 1. The lowest BCUT2D eigenvalue weighted by molar-refractivity contribution is -0.140. The summed E-state index contributed by atoms with van der Waals surface area (Å²) in [6.45, 7) is 7.35. The van der Waals surface area contributed by atoms with Gasteiger partial charge in [0.2, 0.25) is 10.0 Å². The normalized spacial score (nSPS) is 13.2. The Kier molecular flexibility index (Phi) is 5.74. The van der Waals surface area contributed by atoms with Crippen LogP contribution in [0.1, 0.15) is 26.3 Å². The van der Waals surface area contributed by atoms with Crippen LogP contribution >= 0.6 is 0 Å². The van der Waals surface area contributed by atoms with E-state index in [0.717, 1.165) is 0 Å². The average Bonchev–Trinajstić information content (AvgIpc) is 2.38. The Morgan fingerprint density at radius 1 is 1.38 bits per heavy atom. The second-order valence-corrected chi connectivity index (χ2v) is 6.76. The molecule has 0 radical (unpaired) electrons. The van der Waals surface area contributed by atoms with Crippen LogP contribution in [0.4, 0.5) is 0 Å². The molecule has 0 aromatic heterocycles. The Morgan fingerprint density at radius 2 is 2.00 bits per heavy atom. The fourth-order valence-corrected chi connectivity index (χ4v) is 3.24. The van der Waals surface area contributed by atoms with Crippen molar-refractivity contribution in [2.45, 2.75) is 38.6 Å². The third-order valence-corrected chi connectivity index (χ3v) is 4.41.